The molecule has 100 valence electrons. The number of halogens is 1. The van der Waals surface area contributed by atoms with Crippen LogP contribution in [0.15, 0.2) is 18.2 Å². The monoisotopic (exact) mass is 253 g/mol. The molecule has 1 atom stereocenters. The highest BCUT2D eigenvalue weighted by Crippen LogP contribution is 2.34. The van der Waals surface area contributed by atoms with E-state index in [4.69, 9.17) is 10.8 Å². The third-order valence-electron chi connectivity index (χ3n) is 2.77. The summed E-state index contributed by atoms with van der Waals surface area (Å²) in [5.41, 5.74) is 6.38. The van der Waals surface area contributed by atoms with Crippen molar-refractivity contribution in [1.29, 1.82) is 0 Å². The van der Waals surface area contributed by atoms with Crippen molar-refractivity contribution in [3.8, 4) is 0 Å². The Kier molecular flexibility index (Phi) is 4.33. The van der Waals surface area contributed by atoms with Gasteiger partial charge in [0.2, 0.25) is 0 Å². The molecule has 0 fully saturated rings. The largest absolute Gasteiger partial charge is 0.481 e. The van der Waals surface area contributed by atoms with E-state index in [0.29, 0.717) is 6.42 Å². The molecule has 1 aromatic carbocycles. The molecule has 0 unspecified atom stereocenters. The summed E-state index contributed by atoms with van der Waals surface area (Å²) in [5, 5.41) is 8.96. The SMILES string of the molecule is CC(C)(C)C[C@H](CC(=O)O)c1ccc(F)c(N)c1. The van der Waals surface area contributed by atoms with Crippen LogP contribution in [0.25, 0.3) is 0 Å². The van der Waals surface area contributed by atoms with Gasteiger partial charge in [-0.25, -0.2) is 4.39 Å². The van der Waals surface area contributed by atoms with E-state index in [9.17, 15) is 9.18 Å². The summed E-state index contributed by atoms with van der Waals surface area (Å²) in [6.07, 6.45) is 0.743. The van der Waals surface area contributed by atoms with E-state index in [1.165, 1.54) is 12.1 Å². The Morgan fingerprint density at radius 3 is 2.50 bits per heavy atom. The first kappa shape index (κ1) is 14.5. The fourth-order valence-corrected chi connectivity index (χ4v) is 2.07. The van der Waals surface area contributed by atoms with Crippen LogP contribution in [-0.2, 0) is 4.79 Å². The maximum absolute atomic E-state index is 13.1. The first-order valence-electron chi connectivity index (χ1n) is 5.96. The second-order valence-electron chi connectivity index (χ2n) is 5.84. The van der Waals surface area contributed by atoms with Gasteiger partial charge in [0.25, 0.3) is 0 Å². The molecule has 0 aliphatic rings. The fourth-order valence-electron chi connectivity index (χ4n) is 2.07. The fraction of sp³-hybridized carbons (Fsp3) is 0.500. The molecule has 4 heteroatoms. The number of anilines is 1. The topological polar surface area (TPSA) is 63.3 Å². The van der Waals surface area contributed by atoms with Crippen molar-refractivity contribution < 1.29 is 14.3 Å². The highest BCUT2D eigenvalue weighted by molar-refractivity contribution is 5.68. The molecule has 0 bridgehead atoms. The molecule has 0 amide bonds. The van der Waals surface area contributed by atoms with Crippen molar-refractivity contribution in [1.82, 2.24) is 0 Å². The zero-order chi connectivity index (χ0) is 13.9. The maximum atomic E-state index is 13.1. The van der Waals surface area contributed by atoms with Crippen LogP contribution in [-0.4, -0.2) is 11.1 Å². The average Bonchev–Trinajstić information content (AvgIpc) is 2.18. The van der Waals surface area contributed by atoms with Gasteiger partial charge in [-0.05, 0) is 35.4 Å². The normalized spacial score (nSPS) is 13.3. The standard InChI is InChI=1S/C14H20FNO2/c1-14(2,3)8-10(7-13(17)18)9-4-5-11(15)12(16)6-9/h4-6,10H,7-8,16H2,1-3H3,(H,17,18)/t10-/m0/s1. The van der Waals surface area contributed by atoms with Crippen LogP contribution in [0, 0.1) is 11.2 Å². The van der Waals surface area contributed by atoms with E-state index in [1.54, 1.807) is 6.07 Å². The molecule has 0 radical (unpaired) electrons. The summed E-state index contributed by atoms with van der Waals surface area (Å²) in [7, 11) is 0. The van der Waals surface area contributed by atoms with Gasteiger partial charge in [0.1, 0.15) is 5.82 Å². The summed E-state index contributed by atoms with van der Waals surface area (Å²) in [5.74, 6) is -1.47. The minimum absolute atomic E-state index is 0.00324. The van der Waals surface area contributed by atoms with Crippen LogP contribution in [0.4, 0.5) is 10.1 Å². The van der Waals surface area contributed by atoms with E-state index >= 15 is 0 Å². The van der Waals surface area contributed by atoms with Gasteiger partial charge in [0.05, 0.1) is 12.1 Å². The molecular weight excluding hydrogens is 233 g/mol. The number of nitrogen functional groups attached to an aromatic ring is 1. The summed E-state index contributed by atoms with van der Waals surface area (Å²) in [6.45, 7) is 6.15. The molecule has 3 nitrogen and oxygen atoms in total. The Balaban J connectivity index is 3.01. The summed E-state index contributed by atoms with van der Waals surface area (Å²) >= 11 is 0. The molecule has 1 aromatic rings. The molecule has 18 heavy (non-hydrogen) atoms. The van der Waals surface area contributed by atoms with Gasteiger partial charge in [0.15, 0.2) is 0 Å². The minimum atomic E-state index is -0.854. The van der Waals surface area contributed by atoms with Gasteiger partial charge in [-0.3, -0.25) is 4.79 Å². The van der Waals surface area contributed by atoms with Crippen LogP contribution in [0.5, 0.6) is 0 Å². The molecule has 0 saturated heterocycles. The quantitative estimate of drug-likeness (QED) is 0.808. The number of nitrogens with two attached hydrogens (primary N) is 1. The lowest BCUT2D eigenvalue weighted by Gasteiger charge is -2.25. The number of carboxylic acids is 1. The van der Waals surface area contributed by atoms with Gasteiger partial charge in [-0.2, -0.15) is 0 Å². The van der Waals surface area contributed by atoms with E-state index in [-0.39, 0.29) is 23.4 Å². The van der Waals surface area contributed by atoms with Crippen molar-refractivity contribution in [2.75, 3.05) is 5.73 Å². The zero-order valence-electron chi connectivity index (χ0n) is 11.0. The predicted octanol–water partition coefficient (Wildman–Crippen LogP) is 3.40. The third-order valence-corrected chi connectivity index (χ3v) is 2.77. The minimum Gasteiger partial charge on any atom is -0.481 e. The molecule has 0 heterocycles. The van der Waals surface area contributed by atoms with Gasteiger partial charge in [-0.15, -0.1) is 0 Å². The smallest absolute Gasteiger partial charge is 0.303 e. The number of rotatable bonds is 4. The van der Waals surface area contributed by atoms with Crippen LogP contribution in [0.2, 0.25) is 0 Å². The average molecular weight is 253 g/mol. The highest BCUT2D eigenvalue weighted by Gasteiger charge is 2.23. The summed E-state index contributed by atoms with van der Waals surface area (Å²) < 4.78 is 13.1. The molecule has 0 spiro atoms. The Hall–Kier alpha value is -1.58. The lowest BCUT2D eigenvalue weighted by Crippen LogP contribution is -2.15. The lowest BCUT2D eigenvalue weighted by atomic mass is 9.80. The second kappa shape index (κ2) is 5.38. The van der Waals surface area contributed by atoms with Crippen molar-refractivity contribution in [3.63, 3.8) is 0 Å². The summed E-state index contributed by atoms with van der Waals surface area (Å²) in [6, 6.07) is 4.45. The Morgan fingerprint density at radius 1 is 1.44 bits per heavy atom. The van der Waals surface area contributed by atoms with Gasteiger partial charge in [-0.1, -0.05) is 26.8 Å². The number of benzene rings is 1. The number of hydrogen-bond acceptors (Lipinski definition) is 2. The second-order valence-corrected chi connectivity index (χ2v) is 5.84. The Labute approximate surface area is 107 Å². The van der Waals surface area contributed by atoms with E-state index in [1.807, 2.05) is 0 Å². The Morgan fingerprint density at radius 2 is 2.06 bits per heavy atom. The molecule has 1 rings (SSSR count). The molecule has 3 N–H and O–H groups in total. The predicted molar refractivity (Wildman–Crippen MR) is 69.9 cm³/mol. The highest BCUT2D eigenvalue weighted by atomic mass is 19.1. The molecule has 0 aromatic heterocycles. The van der Waals surface area contributed by atoms with Gasteiger partial charge < -0.3 is 10.8 Å². The van der Waals surface area contributed by atoms with E-state index in [0.717, 1.165) is 5.56 Å². The van der Waals surface area contributed by atoms with Crippen molar-refractivity contribution in [3.05, 3.63) is 29.6 Å². The van der Waals surface area contributed by atoms with Crippen molar-refractivity contribution in [2.45, 2.75) is 39.5 Å². The molecule has 0 aliphatic heterocycles. The number of carbonyl (C=O) groups is 1. The van der Waals surface area contributed by atoms with Crippen LogP contribution < -0.4 is 5.73 Å². The van der Waals surface area contributed by atoms with Crippen molar-refractivity contribution in [2.24, 2.45) is 5.41 Å². The zero-order valence-corrected chi connectivity index (χ0v) is 11.0. The van der Waals surface area contributed by atoms with Crippen molar-refractivity contribution >= 4 is 11.7 Å². The molecule has 0 aliphatic carbocycles. The molecular formula is C14H20FNO2. The maximum Gasteiger partial charge on any atom is 0.303 e. The number of hydrogen-bond donors (Lipinski definition) is 2. The third kappa shape index (κ3) is 4.35. The van der Waals surface area contributed by atoms with Crippen LogP contribution in [0.1, 0.15) is 45.1 Å². The Bertz CT molecular complexity index is 438. The van der Waals surface area contributed by atoms with Gasteiger partial charge in [0, 0.05) is 0 Å². The summed E-state index contributed by atoms with van der Waals surface area (Å²) in [4.78, 5) is 10.9. The van der Waals surface area contributed by atoms with E-state index < -0.39 is 11.8 Å². The first-order chi connectivity index (χ1) is 8.19. The molecule has 0 saturated carbocycles. The number of carboxylic acid groups (broad SMARTS) is 1. The van der Waals surface area contributed by atoms with Crippen LogP contribution in [0.3, 0.4) is 0 Å². The van der Waals surface area contributed by atoms with Crippen LogP contribution >= 0.6 is 0 Å². The first-order valence-corrected chi connectivity index (χ1v) is 5.96. The van der Waals surface area contributed by atoms with Gasteiger partial charge >= 0.3 is 5.97 Å². The number of aliphatic carboxylic acids is 1. The van der Waals surface area contributed by atoms with E-state index in [2.05, 4.69) is 20.8 Å². The lowest BCUT2D eigenvalue weighted by molar-refractivity contribution is -0.137.